The molecule has 2 fully saturated rings. The number of carbonyl (C=O) groups excluding carboxylic acids is 4. The van der Waals surface area contributed by atoms with Gasteiger partial charge >= 0.3 is 6.03 Å². The lowest BCUT2D eigenvalue weighted by Gasteiger charge is -2.20. The maximum atomic E-state index is 12.6. The van der Waals surface area contributed by atoms with Crippen LogP contribution in [-0.2, 0) is 9.59 Å². The Morgan fingerprint density at radius 3 is 2.79 bits per heavy atom. The van der Waals surface area contributed by atoms with Gasteiger partial charge in [0.1, 0.15) is 11.3 Å². The number of fused-ring (bicyclic) bond motifs is 1. The molecule has 3 aliphatic rings. The molecular weight excluding hydrogens is 364 g/mol. The van der Waals surface area contributed by atoms with E-state index in [4.69, 9.17) is 4.74 Å². The minimum atomic E-state index is -0.696. The quantitative estimate of drug-likeness (QED) is 0.516. The van der Waals surface area contributed by atoms with E-state index in [2.05, 4.69) is 16.0 Å². The summed E-state index contributed by atoms with van der Waals surface area (Å²) in [7, 11) is 0. The third-order valence-electron chi connectivity index (χ3n) is 5.42. The molecule has 9 heteroatoms. The fourth-order valence-corrected chi connectivity index (χ4v) is 3.95. The Labute approximate surface area is 161 Å². The molecule has 2 heterocycles. The molecule has 0 atom stereocenters. The van der Waals surface area contributed by atoms with Crippen molar-refractivity contribution >= 4 is 29.4 Å². The van der Waals surface area contributed by atoms with Crippen molar-refractivity contribution in [3.05, 3.63) is 23.8 Å². The van der Waals surface area contributed by atoms with Gasteiger partial charge in [-0.15, -0.1) is 0 Å². The minimum Gasteiger partial charge on any atom is -0.482 e. The number of rotatable bonds is 5. The van der Waals surface area contributed by atoms with Gasteiger partial charge in [0, 0.05) is 18.7 Å². The Balaban J connectivity index is 1.28. The van der Waals surface area contributed by atoms with E-state index in [0.29, 0.717) is 42.8 Å². The number of anilines is 1. The molecule has 1 saturated carbocycles. The lowest BCUT2D eigenvalue weighted by Crippen LogP contribution is -2.44. The molecule has 0 radical (unpaired) electrons. The molecular formula is C19H22N4O5. The summed E-state index contributed by atoms with van der Waals surface area (Å²) in [4.78, 5) is 49.5. The lowest BCUT2D eigenvalue weighted by molar-refractivity contribution is -0.131. The van der Waals surface area contributed by atoms with Crippen LogP contribution in [0.5, 0.6) is 5.75 Å². The van der Waals surface area contributed by atoms with Crippen molar-refractivity contribution in [2.45, 2.75) is 37.6 Å². The second kappa shape index (κ2) is 7.14. The van der Waals surface area contributed by atoms with Crippen LogP contribution in [0.2, 0.25) is 0 Å². The van der Waals surface area contributed by atoms with Gasteiger partial charge in [0.05, 0.1) is 5.69 Å². The molecule has 1 aromatic rings. The largest absolute Gasteiger partial charge is 0.482 e. The molecule has 28 heavy (non-hydrogen) atoms. The molecule has 0 unspecified atom stereocenters. The summed E-state index contributed by atoms with van der Waals surface area (Å²) in [5.41, 5.74) is 0.251. The van der Waals surface area contributed by atoms with Crippen LogP contribution < -0.4 is 20.7 Å². The van der Waals surface area contributed by atoms with E-state index >= 15 is 0 Å². The van der Waals surface area contributed by atoms with Gasteiger partial charge in [-0.2, -0.15) is 0 Å². The monoisotopic (exact) mass is 386 g/mol. The fraction of sp³-hybridized carbons (Fsp3) is 0.474. The fourth-order valence-electron chi connectivity index (χ4n) is 3.95. The van der Waals surface area contributed by atoms with E-state index in [1.54, 1.807) is 18.2 Å². The highest BCUT2D eigenvalue weighted by atomic mass is 16.5. The molecule has 0 bridgehead atoms. The first kappa shape index (κ1) is 18.3. The number of carbonyl (C=O) groups is 4. The van der Waals surface area contributed by atoms with Crippen LogP contribution >= 0.6 is 0 Å². The summed E-state index contributed by atoms with van der Waals surface area (Å²) in [6.07, 6.45) is 3.77. The van der Waals surface area contributed by atoms with E-state index in [1.165, 1.54) is 4.90 Å². The van der Waals surface area contributed by atoms with E-state index in [-0.39, 0.29) is 36.9 Å². The van der Waals surface area contributed by atoms with Crippen molar-refractivity contribution in [1.82, 2.24) is 15.5 Å². The third-order valence-corrected chi connectivity index (χ3v) is 5.42. The summed E-state index contributed by atoms with van der Waals surface area (Å²) in [6, 6.07) is 4.46. The van der Waals surface area contributed by atoms with Gasteiger partial charge in [0.2, 0.25) is 0 Å². The van der Waals surface area contributed by atoms with Crippen LogP contribution in [0, 0.1) is 0 Å². The normalized spacial score (nSPS) is 19.9. The van der Waals surface area contributed by atoms with Gasteiger partial charge in [0.15, 0.2) is 6.61 Å². The second-order valence-corrected chi connectivity index (χ2v) is 7.33. The highest BCUT2D eigenvalue weighted by molar-refractivity contribution is 6.07. The number of amides is 5. The maximum Gasteiger partial charge on any atom is 0.325 e. The van der Waals surface area contributed by atoms with E-state index in [1.807, 2.05) is 0 Å². The average molecular weight is 386 g/mol. The van der Waals surface area contributed by atoms with Gasteiger partial charge in [-0.25, -0.2) is 4.79 Å². The molecule has 1 saturated heterocycles. The molecule has 1 spiro atoms. The van der Waals surface area contributed by atoms with Crippen molar-refractivity contribution in [1.29, 1.82) is 0 Å². The Kier molecular flexibility index (Phi) is 4.66. The van der Waals surface area contributed by atoms with Gasteiger partial charge in [0.25, 0.3) is 17.7 Å². The SMILES string of the molecule is O=C1COc2cc(C(=O)NCCCN3C(=O)NC4(CCCC4)C3=O)ccc2N1. The molecule has 1 aliphatic carbocycles. The number of hydrogen-bond acceptors (Lipinski definition) is 5. The lowest BCUT2D eigenvalue weighted by atomic mass is 9.98. The second-order valence-electron chi connectivity index (χ2n) is 7.33. The van der Waals surface area contributed by atoms with Crippen LogP contribution in [0.4, 0.5) is 10.5 Å². The predicted molar refractivity (Wildman–Crippen MR) is 99.0 cm³/mol. The Bertz CT molecular complexity index is 847. The standard InChI is InChI=1S/C19H22N4O5/c24-15-11-28-14-10-12(4-5-13(14)21-15)16(25)20-8-3-9-23-17(26)19(22-18(23)27)6-1-2-7-19/h4-5,10H,1-3,6-9,11H2,(H,20,25)(H,21,24)(H,22,27). The molecule has 1 aromatic carbocycles. The summed E-state index contributed by atoms with van der Waals surface area (Å²) in [6.45, 7) is 0.523. The van der Waals surface area contributed by atoms with Gasteiger partial charge < -0.3 is 20.7 Å². The van der Waals surface area contributed by atoms with Crippen molar-refractivity contribution in [3.8, 4) is 5.75 Å². The van der Waals surface area contributed by atoms with Crippen LogP contribution in [0.3, 0.4) is 0 Å². The number of urea groups is 1. The summed E-state index contributed by atoms with van der Waals surface area (Å²) in [5.74, 6) is -0.207. The first-order chi connectivity index (χ1) is 13.5. The number of nitrogens with one attached hydrogen (secondary N) is 3. The van der Waals surface area contributed by atoms with Crippen LogP contribution in [0.15, 0.2) is 18.2 Å². The smallest absolute Gasteiger partial charge is 0.325 e. The molecule has 148 valence electrons. The van der Waals surface area contributed by atoms with Gasteiger partial charge in [-0.05, 0) is 37.5 Å². The first-order valence-corrected chi connectivity index (χ1v) is 9.47. The van der Waals surface area contributed by atoms with Crippen LogP contribution in [0.25, 0.3) is 0 Å². The molecule has 3 N–H and O–H groups in total. The van der Waals surface area contributed by atoms with Crippen LogP contribution in [0.1, 0.15) is 42.5 Å². The molecule has 9 nitrogen and oxygen atoms in total. The van der Waals surface area contributed by atoms with Crippen molar-refractivity contribution in [3.63, 3.8) is 0 Å². The molecule has 0 aromatic heterocycles. The van der Waals surface area contributed by atoms with Gasteiger partial charge in [-0.1, -0.05) is 12.8 Å². The Hall–Kier alpha value is -3.10. The summed E-state index contributed by atoms with van der Waals surface area (Å²) in [5, 5.41) is 8.29. The summed E-state index contributed by atoms with van der Waals surface area (Å²) >= 11 is 0. The number of benzene rings is 1. The van der Waals surface area contributed by atoms with E-state index in [0.717, 1.165) is 12.8 Å². The van der Waals surface area contributed by atoms with Gasteiger partial charge in [-0.3, -0.25) is 19.3 Å². The highest BCUT2D eigenvalue weighted by Crippen LogP contribution is 2.35. The first-order valence-electron chi connectivity index (χ1n) is 9.47. The molecule has 4 rings (SSSR count). The Morgan fingerprint density at radius 1 is 1.21 bits per heavy atom. The van der Waals surface area contributed by atoms with E-state index < -0.39 is 5.54 Å². The number of hydrogen-bond donors (Lipinski definition) is 3. The number of imide groups is 1. The molecule has 2 aliphatic heterocycles. The zero-order valence-corrected chi connectivity index (χ0v) is 15.4. The topological polar surface area (TPSA) is 117 Å². The minimum absolute atomic E-state index is 0.0779. The zero-order chi connectivity index (χ0) is 19.7. The number of ether oxygens (including phenoxy) is 1. The van der Waals surface area contributed by atoms with Crippen LogP contribution in [-0.4, -0.2) is 53.9 Å². The van der Waals surface area contributed by atoms with E-state index in [9.17, 15) is 19.2 Å². The maximum absolute atomic E-state index is 12.6. The van der Waals surface area contributed by atoms with Crippen molar-refractivity contribution < 1.29 is 23.9 Å². The summed E-state index contributed by atoms with van der Waals surface area (Å²) < 4.78 is 5.31. The highest BCUT2D eigenvalue weighted by Gasteiger charge is 2.51. The number of nitrogens with zero attached hydrogens (tertiary/aromatic N) is 1. The average Bonchev–Trinajstić information content (AvgIpc) is 3.24. The van der Waals surface area contributed by atoms with Crippen molar-refractivity contribution in [2.75, 3.05) is 25.0 Å². The molecule has 5 amide bonds. The third kappa shape index (κ3) is 3.28. The predicted octanol–water partition coefficient (Wildman–Crippen LogP) is 1.00. The van der Waals surface area contributed by atoms with Crippen molar-refractivity contribution in [2.24, 2.45) is 0 Å². The zero-order valence-electron chi connectivity index (χ0n) is 15.4. The Morgan fingerprint density at radius 2 is 2.00 bits per heavy atom.